The summed E-state index contributed by atoms with van der Waals surface area (Å²) >= 11 is 0. The molecule has 2 aliphatic heterocycles. The van der Waals surface area contributed by atoms with Gasteiger partial charge in [0.1, 0.15) is 0 Å². The standard InChI is InChI=1S/C16H23N3O/c1-12(2)11-19-15-4-3-14(9-13(15)10-16(19)20)18-7-5-17-6-8-18/h3-4,9,12,17H,5-8,10-11H2,1-2H3. The van der Waals surface area contributed by atoms with E-state index in [1.165, 1.54) is 11.3 Å². The number of benzene rings is 1. The van der Waals surface area contributed by atoms with E-state index in [0.717, 1.165) is 38.4 Å². The SMILES string of the molecule is CC(C)CN1C(=O)Cc2cc(N3CCNCC3)ccc21. The highest BCUT2D eigenvalue weighted by Crippen LogP contribution is 2.33. The largest absolute Gasteiger partial charge is 0.369 e. The number of fused-ring (bicyclic) bond motifs is 1. The van der Waals surface area contributed by atoms with Crippen LogP contribution in [0.15, 0.2) is 18.2 Å². The predicted octanol–water partition coefficient (Wildman–Crippen LogP) is 1.64. The third-order valence-electron chi connectivity index (χ3n) is 4.03. The van der Waals surface area contributed by atoms with Crippen molar-refractivity contribution < 1.29 is 4.79 Å². The smallest absolute Gasteiger partial charge is 0.231 e. The summed E-state index contributed by atoms with van der Waals surface area (Å²) in [6.07, 6.45) is 0.558. The predicted molar refractivity (Wildman–Crippen MR) is 82.4 cm³/mol. The first-order valence-corrected chi connectivity index (χ1v) is 7.54. The lowest BCUT2D eigenvalue weighted by Crippen LogP contribution is -2.43. The normalized spacial score (nSPS) is 18.9. The number of amides is 1. The van der Waals surface area contributed by atoms with E-state index in [1.54, 1.807) is 0 Å². The Morgan fingerprint density at radius 3 is 2.70 bits per heavy atom. The van der Waals surface area contributed by atoms with Gasteiger partial charge in [-0.2, -0.15) is 0 Å². The number of piperazine rings is 1. The van der Waals surface area contributed by atoms with Gasteiger partial charge in [-0.15, -0.1) is 0 Å². The maximum absolute atomic E-state index is 12.2. The Bertz CT molecular complexity index is 506. The average Bonchev–Trinajstić information content (AvgIpc) is 2.75. The van der Waals surface area contributed by atoms with Gasteiger partial charge in [0.05, 0.1) is 6.42 Å². The van der Waals surface area contributed by atoms with E-state index in [0.29, 0.717) is 12.3 Å². The number of carbonyl (C=O) groups excluding carboxylic acids is 1. The van der Waals surface area contributed by atoms with Crippen LogP contribution in [0.25, 0.3) is 0 Å². The lowest BCUT2D eigenvalue weighted by atomic mass is 10.1. The number of nitrogens with zero attached hydrogens (tertiary/aromatic N) is 2. The fourth-order valence-corrected chi connectivity index (χ4v) is 3.05. The van der Waals surface area contributed by atoms with Crippen molar-refractivity contribution in [1.29, 1.82) is 0 Å². The molecule has 1 saturated heterocycles. The summed E-state index contributed by atoms with van der Waals surface area (Å²) in [5, 5.41) is 3.37. The highest BCUT2D eigenvalue weighted by Gasteiger charge is 2.28. The minimum Gasteiger partial charge on any atom is -0.369 e. The molecule has 4 nitrogen and oxygen atoms in total. The zero-order valence-corrected chi connectivity index (χ0v) is 12.4. The molecule has 2 aliphatic rings. The Morgan fingerprint density at radius 2 is 2.00 bits per heavy atom. The van der Waals surface area contributed by atoms with Crippen LogP contribution < -0.4 is 15.1 Å². The van der Waals surface area contributed by atoms with Gasteiger partial charge in [0.15, 0.2) is 0 Å². The van der Waals surface area contributed by atoms with Crippen molar-refractivity contribution in [2.75, 3.05) is 42.5 Å². The van der Waals surface area contributed by atoms with Gasteiger partial charge in [0.2, 0.25) is 5.91 Å². The fourth-order valence-electron chi connectivity index (χ4n) is 3.05. The maximum atomic E-state index is 12.2. The van der Waals surface area contributed by atoms with Gasteiger partial charge < -0.3 is 15.1 Å². The molecule has 0 bridgehead atoms. The minimum atomic E-state index is 0.242. The molecule has 0 spiro atoms. The second-order valence-electron chi connectivity index (χ2n) is 6.13. The molecule has 0 atom stereocenters. The summed E-state index contributed by atoms with van der Waals surface area (Å²) in [6.45, 7) is 9.29. The number of hydrogen-bond donors (Lipinski definition) is 1. The third kappa shape index (κ3) is 2.52. The summed E-state index contributed by atoms with van der Waals surface area (Å²) in [6, 6.07) is 6.49. The molecule has 1 fully saturated rings. The molecule has 1 amide bonds. The number of nitrogens with one attached hydrogen (secondary N) is 1. The van der Waals surface area contributed by atoms with Crippen LogP contribution in [0, 0.1) is 5.92 Å². The van der Waals surface area contributed by atoms with Gasteiger partial charge in [-0.05, 0) is 29.7 Å². The third-order valence-corrected chi connectivity index (χ3v) is 4.03. The summed E-state index contributed by atoms with van der Waals surface area (Å²) in [7, 11) is 0. The Labute approximate surface area is 120 Å². The fraction of sp³-hybridized carbons (Fsp3) is 0.562. The lowest BCUT2D eigenvalue weighted by molar-refractivity contribution is -0.117. The Morgan fingerprint density at radius 1 is 1.25 bits per heavy atom. The van der Waals surface area contributed by atoms with Crippen LogP contribution in [0.3, 0.4) is 0 Å². The van der Waals surface area contributed by atoms with Crippen LogP contribution in [0.5, 0.6) is 0 Å². The van der Waals surface area contributed by atoms with Crippen molar-refractivity contribution in [2.45, 2.75) is 20.3 Å². The topological polar surface area (TPSA) is 35.6 Å². The van der Waals surface area contributed by atoms with Gasteiger partial charge in [-0.25, -0.2) is 0 Å². The second-order valence-corrected chi connectivity index (χ2v) is 6.13. The molecule has 0 saturated carbocycles. The molecule has 0 aliphatic carbocycles. The maximum Gasteiger partial charge on any atom is 0.231 e. The van der Waals surface area contributed by atoms with Crippen LogP contribution in [0.4, 0.5) is 11.4 Å². The molecule has 1 aromatic carbocycles. The number of carbonyl (C=O) groups is 1. The number of anilines is 2. The quantitative estimate of drug-likeness (QED) is 0.909. The molecule has 0 radical (unpaired) electrons. The van der Waals surface area contributed by atoms with Crippen LogP contribution in [-0.4, -0.2) is 38.6 Å². The average molecular weight is 273 g/mol. The molecular formula is C16H23N3O. The molecular weight excluding hydrogens is 250 g/mol. The minimum absolute atomic E-state index is 0.242. The lowest BCUT2D eigenvalue weighted by Gasteiger charge is -2.30. The van der Waals surface area contributed by atoms with Crippen molar-refractivity contribution in [3.8, 4) is 0 Å². The zero-order chi connectivity index (χ0) is 14.1. The zero-order valence-electron chi connectivity index (χ0n) is 12.4. The summed E-state index contributed by atoms with van der Waals surface area (Å²) in [5.74, 6) is 0.740. The van der Waals surface area contributed by atoms with E-state index >= 15 is 0 Å². The molecule has 108 valence electrons. The first-order valence-electron chi connectivity index (χ1n) is 7.54. The summed E-state index contributed by atoms with van der Waals surface area (Å²) in [4.78, 5) is 16.5. The highest BCUT2D eigenvalue weighted by molar-refractivity contribution is 6.01. The summed E-state index contributed by atoms with van der Waals surface area (Å²) < 4.78 is 0. The Kier molecular flexibility index (Phi) is 3.66. The van der Waals surface area contributed by atoms with Crippen molar-refractivity contribution in [2.24, 2.45) is 5.92 Å². The molecule has 0 unspecified atom stereocenters. The molecule has 1 N–H and O–H groups in total. The monoisotopic (exact) mass is 273 g/mol. The molecule has 4 heteroatoms. The van der Waals surface area contributed by atoms with Gasteiger partial charge in [0, 0.05) is 44.1 Å². The molecule has 3 rings (SSSR count). The molecule has 20 heavy (non-hydrogen) atoms. The first-order chi connectivity index (χ1) is 9.65. The van der Waals surface area contributed by atoms with Gasteiger partial charge in [0.25, 0.3) is 0 Å². The number of hydrogen-bond acceptors (Lipinski definition) is 3. The van der Waals surface area contributed by atoms with E-state index in [9.17, 15) is 4.79 Å². The Hall–Kier alpha value is -1.55. The van der Waals surface area contributed by atoms with Crippen LogP contribution in [-0.2, 0) is 11.2 Å². The van der Waals surface area contributed by atoms with Crippen LogP contribution in [0.1, 0.15) is 19.4 Å². The van der Waals surface area contributed by atoms with Crippen molar-refractivity contribution in [3.05, 3.63) is 23.8 Å². The van der Waals surface area contributed by atoms with Gasteiger partial charge in [-0.1, -0.05) is 13.8 Å². The van der Waals surface area contributed by atoms with Crippen molar-refractivity contribution in [1.82, 2.24) is 5.32 Å². The van der Waals surface area contributed by atoms with Crippen molar-refractivity contribution >= 4 is 17.3 Å². The molecule has 2 heterocycles. The van der Waals surface area contributed by atoms with Crippen LogP contribution >= 0.6 is 0 Å². The van der Waals surface area contributed by atoms with Crippen molar-refractivity contribution in [3.63, 3.8) is 0 Å². The van der Waals surface area contributed by atoms with E-state index in [-0.39, 0.29) is 5.91 Å². The molecule has 0 aromatic heterocycles. The Balaban J connectivity index is 1.83. The number of rotatable bonds is 3. The molecule has 1 aromatic rings. The first kappa shape index (κ1) is 13.4. The van der Waals surface area contributed by atoms with E-state index < -0.39 is 0 Å². The summed E-state index contributed by atoms with van der Waals surface area (Å²) in [5.41, 5.74) is 3.55. The van der Waals surface area contributed by atoms with Crippen LogP contribution in [0.2, 0.25) is 0 Å². The van der Waals surface area contributed by atoms with E-state index in [4.69, 9.17) is 0 Å². The van der Waals surface area contributed by atoms with E-state index in [2.05, 4.69) is 42.3 Å². The second kappa shape index (κ2) is 5.44. The van der Waals surface area contributed by atoms with Gasteiger partial charge in [-0.3, -0.25) is 4.79 Å². The highest BCUT2D eigenvalue weighted by atomic mass is 16.2. The van der Waals surface area contributed by atoms with E-state index in [1.807, 2.05) is 4.90 Å². The van der Waals surface area contributed by atoms with Gasteiger partial charge >= 0.3 is 0 Å².